The van der Waals surface area contributed by atoms with Gasteiger partial charge in [-0.3, -0.25) is 4.72 Å². The van der Waals surface area contributed by atoms with E-state index in [2.05, 4.69) is 28.8 Å². The lowest BCUT2D eigenvalue weighted by atomic mass is 10.0. The molecule has 4 rings (SSSR count). The molecular weight excluding hydrogens is 410 g/mol. The molecule has 0 radical (unpaired) electrons. The van der Waals surface area contributed by atoms with Gasteiger partial charge in [0.05, 0.1) is 4.90 Å². The van der Waals surface area contributed by atoms with Crippen molar-refractivity contribution in [2.75, 3.05) is 4.72 Å². The summed E-state index contributed by atoms with van der Waals surface area (Å²) in [5.74, 6) is 1.32. The zero-order valence-electron chi connectivity index (χ0n) is 17.3. The van der Waals surface area contributed by atoms with Crippen molar-refractivity contribution >= 4 is 15.7 Å². The second-order valence-electron chi connectivity index (χ2n) is 7.70. The number of nitrogens with one attached hydrogen (secondary N) is 1. The fourth-order valence-corrected chi connectivity index (χ4v) is 4.27. The molecule has 0 saturated heterocycles. The maximum Gasteiger partial charge on any atom is 0.261 e. The van der Waals surface area contributed by atoms with E-state index in [1.807, 2.05) is 42.5 Å². The monoisotopic (exact) mass is 433 g/mol. The third-order valence-electron chi connectivity index (χ3n) is 4.71. The Morgan fingerprint density at radius 1 is 0.806 bits per heavy atom. The molecule has 6 nitrogen and oxygen atoms in total. The highest BCUT2D eigenvalue weighted by Crippen LogP contribution is 2.25. The largest absolute Gasteiger partial charge is 0.416 e. The highest BCUT2D eigenvalue weighted by molar-refractivity contribution is 7.92. The molecule has 0 amide bonds. The van der Waals surface area contributed by atoms with Crippen molar-refractivity contribution in [3.8, 4) is 22.9 Å². The summed E-state index contributed by atoms with van der Waals surface area (Å²) in [6.07, 6.45) is 0.914. The standard InChI is InChI=1S/C24H23N3O3S/c1-17(2)16-18-8-14-22(15-9-18)31(28,29)27-21-12-10-20(11-13-21)24-26-25-23(30-24)19-6-4-3-5-7-19/h3-15,17,27H,16H2,1-2H3. The Bertz CT molecular complexity index is 1250. The Morgan fingerprint density at radius 3 is 1.97 bits per heavy atom. The first kappa shape index (κ1) is 20.8. The van der Waals surface area contributed by atoms with Crippen molar-refractivity contribution in [1.82, 2.24) is 10.2 Å². The SMILES string of the molecule is CC(C)Cc1ccc(S(=O)(=O)Nc2ccc(-c3nnc(-c4ccccc4)o3)cc2)cc1. The van der Waals surface area contributed by atoms with Gasteiger partial charge in [-0.2, -0.15) is 0 Å². The highest BCUT2D eigenvalue weighted by atomic mass is 32.2. The van der Waals surface area contributed by atoms with Gasteiger partial charge in [0.2, 0.25) is 11.8 Å². The number of nitrogens with zero attached hydrogens (tertiary/aromatic N) is 2. The van der Waals surface area contributed by atoms with Gasteiger partial charge in [0, 0.05) is 16.8 Å². The first-order chi connectivity index (χ1) is 14.9. The van der Waals surface area contributed by atoms with Gasteiger partial charge < -0.3 is 4.42 Å². The quantitative estimate of drug-likeness (QED) is 0.422. The summed E-state index contributed by atoms with van der Waals surface area (Å²) in [6.45, 7) is 4.26. The molecule has 158 valence electrons. The summed E-state index contributed by atoms with van der Waals surface area (Å²) >= 11 is 0. The summed E-state index contributed by atoms with van der Waals surface area (Å²) in [4.78, 5) is 0.230. The predicted molar refractivity (Wildman–Crippen MR) is 121 cm³/mol. The fourth-order valence-electron chi connectivity index (χ4n) is 3.21. The number of aromatic nitrogens is 2. The molecule has 0 aliphatic heterocycles. The van der Waals surface area contributed by atoms with Crippen LogP contribution in [0.1, 0.15) is 19.4 Å². The Kier molecular flexibility index (Phi) is 5.86. The van der Waals surface area contributed by atoms with Gasteiger partial charge in [0.15, 0.2) is 0 Å². The Hall–Kier alpha value is -3.45. The Morgan fingerprint density at radius 2 is 1.39 bits per heavy atom. The fraction of sp³-hybridized carbons (Fsp3) is 0.167. The molecule has 0 unspecified atom stereocenters. The topological polar surface area (TPSA) is 85.1 Å². The number of anilines is 1. The van der Waals surface area contributed by atoms with Gasteiger partial charge in [-0.1, -0.05) is 44.2 Å². The van der Waals surface area contributed by atoms with Crippen LogP contribution in [0.3, 0.4) is 0 Å². The van der Waals surface area contributed by atoms with Gasteiger partial charge in [0.1, 0.15) is 0 Å². The van der Waals surface area contributed by atoms with Crippen molar-refractivity contribution in [3.05, 3.63) is 84.4 Å². The van der Waals surface area contributed by atoms with Crippen LogP contribution in [0, 0.1) is 5.92 Å². The molecule has 0 atom stereocenters. The number of hydrogen-bond donors (Lipinski definition) is 1. The van der Waals surface area contributed by atoms with Gasteiger partial charge in [-0.05, 0) is 66.4 Å². The minimum absolute atomic E-state index is 0.230. The lowest BCUT2D eigenvalue weighted by Gasteiger charge is -2.10. The number of rotatable bonds is 7. The maximum atomic E-state index is 12.7. The number of hydrogen-bond acceptors (Lipinski definition) is 5. The van der Waals surface area contributed by atoms with E-state index < -0.39 is 10.0 Å². The lowest BCUT2D eigenvalue weighted by Crippen LogP contribution is -2.13. The van der Waals surface area contributed by atoms with Crippen molar-refractivity contribution < 1.29 is 12.8 Å². The smallest absolute Gasteiger partial charge is 0.261 e. The Labute approximate surface area is 182 Å². The van der Waals surface area contributed by atoms with E-state index in [1.165, 1.54) is 0 Å². The lowest BCUT2D eigenvalue weighted by molar-refractivity contribution is 0.584. The summed E-state index contributed by atoms with van der Waals surface area (Å²) in [5.41, 5.74) is 3.12. The van der Waals surface area contributed by atoms with E-state index in [9.17, 15) is 8.42 Å². The van der Waals surface area contributed by atoms with E-state index >= 15 is 0 Å². The van der Waals surface area contributed by atoms with E-state index in [0.29, 0.717) is 29.0 Å². The summed E-state index contributed by atoms with van der Waals surface area (Å²) in [7, 11) is -3.67. The molecule has 0 aliphatic carbocycles. The van der Waals surface area contributed by atoms with E-state index in [-0.39, 0.29) is 4.90 Å². The molecule has 31 heavy (non-hydrogen) atoms. The van der Waals surface area contributed by atoms with Gasteiger partial charge in [-0.15, -0.1) is 10.2 Å². The molecule has 3 aromatic carbocycles. The molecule has 0 aliphatic rings. The number of sulfonamides is 1. The van der Waals surface area contributed by atoms with Crippen LogP contribution in [0.5, 0.6) is 0 Å². The molecule has 1 aromatic heterocycles. The molecule has 0 spiro atoms. The second kappa shape index (κ2) is 8.73. The Balaban J connectivity index is 1.48. The first-order valence-corrected chi connectivity index (χ1v) is 11.5. The van der Waals surface area contributed by atoms with Crippen LogP contribution in [0.2, 0.25) is 0 Å². The predicted octanol–water partition coefficient (Wildman–Crippen LogP) is 5.40. The van der Waals surface area contributed by atoms with Crippen LogP contribution in [-0.2, 0) is 16.4 Å². The number of benzene rings is 3. The van der Waals surface area contributed by atoms with Crippen LogP contribution in [-0.4, -0.2) is 18.6 Å². The highest BCUT2D eigenvalue weighted by Gasteiger charge is 2.15. The van der Waals surface area contributed by atoms with E-state index in [0.717, 1.165) is 17.5 Å². The van der Waals surface area contributed by atoms with Crippen LogP contribution < -0.4 is 4.72 Å². The van der Waals surface area contributed by atoms with E-state index in [4.69, 9.17) is 4.42 Å². The normalized spacial score (nSPS) is 11.6. The zero-order valence-corrected chi connectivity index (χ0v) is 18.1. The maximum absolute atomic E-state index is 12.7. The van der Waals surface area contributed by atoms with Crippen molar-refractivity contribution in [2.45, 2.75) is 25.2 Å². The van der Waals surface area contributed by atoms with Crippen LogP contribution in [0.25, 0.3) is 22.9 Å². The van der Waals surface area contributed by atoms with Crippen molar-refractivity contribution in [3.63, 3.8) is 0 Å². The molecule has 7 heteroatoms. The second-order valence-corrected chi connectivity index (χ2v) is 9.39. The van der Waals surface area contributed by atoms with Crippen molar-refractivity contribution in [1.29, 1.82) is 0 Å². The van der Waals surface area contributed by atoms with Crippen LogP contribution in [0.15, 0.2) is 88.2 Å². The molecule has 0 saturated carbocycles. The van der Waals surface area contributed by atoms with Gasteiger partial charge >= 0.3 is 0 Å². The van der Waals surface area contributed by atoms with Crippen LogP contribution in [0.4, 0.5) is 5.69 Å². The molecular formula is C24H23N3O3S. The van der Waals surface area contributed by atoms with Gasteiger partial charge in [-0.25, -0.2) is 8.42 Å². The summed E-state index contributed by atoms with van der Waals surface area (Å²) in [6, 6.07) is 23.3. The minimum Gasteiger partial charge on any atom is -0.416 e. The van der Waals surface area contributed by atoms with E-state index in [1.54, 1.807) is 36.4 Å². The zero-order chi connectivity index (χ0) is 21.8. The summed E-state index contributed by atoms with van der Waals surface area (Å²) in [5, 5.41) is 8.17. The average molecular weight is 434 g/mol. The summed E-state index contributed by atoms with van der Waals surface area (Å²) < 4.78 is 33.8. The average Bonchev–Trinajstić information content (AvgIpc) is 3.25. The first-order valence-electron chi connectivity index (χ1n) is 10.0. The minimum atomic E-state index is -3.67. The molecule has 0 fully saturated rings. The van der Waals surface area contributed by atoms with Crippen molar-refractivity contribution in [2.24, 2.45) is 5.92 Å². The molecule has 4 aromatic rings. The van der Waals surface area contributed by atoms with Gasteiger partial charge in [0.25, 0.3) is 10.0 Å². The third kappa shape index (κ3) is 5.00. The molecule has 1 heterocycles. The third-order valence-corrected chi connectivity index (χ3v) is 6.10. The van der Waals surface area contributed by atoms with Crippen LogP contribution >= 0.6 is 0 Å². The molecule has 1 N–H and O–H groups in total. The molecule has 0 bridgehead atoms.